The number of rotatable bonds is 6. The van der Waals surface area contributed by atoms with Gasteiger partial charge in [-0.1, -0.05) is 25.1 Å². The number of aliphatic carboxylic acids is 1. The van der Waals surface area contributed by atoms with Crippen LogP contribution in [-0.2, 0) is 11.3 Å². The number of hydrogen-bond acceptors (Lipinski definition) is 5. The summed E-state index contributed by atoms with van der Waals surface area (Å²) in [5.74, 6) is -0.0352. The molecule has 0 aliphatic rings. The number of carboxylic acids is 1. The highest BCUT2D eigenvalue weighted by Gasteiger charge is 2.34. The number of likely N-dealkylation sites (N-methyl/N-ethyl adjacent to an activating group) is 1. The maximum absolute atomic E-state index is 11.3. The zero-order chi connectivity index (χ0) is 15.5. The van der Waals surface area contributed by atoms with Gasteiger partial charge < -0.3 is 9.52 Å². The number of benzene rings is 1. The molecule has 0 spiro atoms. The van der Waals surface area contributed by atoms with E-state index in [2.05, 4.69) is 10.2 Å². The standard InChI is InChI=1S/C15H19N3O3/c1-4-18(15(2,3)14(19)20)10-12-16-17-13(21-12)11-8-6-5-7-9-11/h5-9H,4,10H2,1-3H3,(H,19,20). The molecule has 0 aliphatic heterocycles. The maximum Gasteiger partial charge on any atom is 0.323 e. The molecule has 1 aromatic heterocycles. The van der Waals surface area contributed by atoms with E-state index in [-0.39, 0.29) is 0 Å². The lowest BCUT2D eigenvalue weighted by Gasteiger charge is -2.32. The second-order valence-electron chi connectivity index (χ2n) is 5.25. The third-order valence-electron chi connectivity index (χ3n) is 3.51. The van der Waals surface area contributed by atoms with Crippen molar-refractivity contribution < 1.29 is 14.3 Å². The predicted octanol–water partition coefficient (Wildman–Crippen LogP) is 2.42. The summed E-state index contributed by atoms with van der Waals surface area (Å²) in [6.45, 7) is 6.10. The van der Waals surface area contributed by atoms with Gasteiger partial charge >= 0.3 is 5.97 Å². The van der Waals surface area contributed by atoms with Crippen molar-refractivity contribution in [1.29, 1.82) is 0 Å². The summed E-state index contributed by atoms with van der Waals surface area (Å²) in [7, 11) is 0. The first-order valence-corrected chi connectivity index (χ1v) is 6.81. The second-order valence-corrected chi connectivity index (χ2v) is 5.25. The molecular weight excluding hydrogens is 270 g/mol. The van der Waals surface area contributed by atoms with Crippen LogP contribution in [0.15, 0.2) is 34.7 Å². The van der Waals surface area contributed by atoms with Crippen molar-refractivity contribution in [1.82, 2.24) is 15.1 Å². The van der Waals surface area contributed by atoms with E-state index in [4.69, 9.17) is 4.42 Å². The van der Waals surface area contributed by atoms with Gasteiger partial charge in [-0.25, -0.2) is 0 Å². The normalized spacial score (nSPS) is 11.8. The van der Waals surface area contributed by atoms with Crippen LogP contribution in [0.3, 0.4) is 0 Å². The van der Waals surface area contributed by atoms with Gasteiger partial charge in [-0.15, -0.1) is 10.2 Å². The summed E-state index contributed by atoms with van der Waals surface area (Å²) in [5.41, 5.74) is -0.146. The molecule has 0 amide bonds. The third-order valence-corrected chi connectivity index (χ3v) is 3.51. The largest absolute Gasteiger partial charge is 0.480 e. The summed E-state index contributed by atoms with van der Waals surface area (Å²) >= 11 is 0. The topological polar surface area (TPSA) is 79.5 Å². The first-order valence-electron chi connectivity index (χ1n) is 6.81. The van der Waals surface area contributed by atoms with Crippen LogP contribution in [0, 0.1) is 0 Å². The number of carboxylic acid groups (broad SMARTS) is 1. The first-order chi connectivity index (χ1) is 9.95. The summed E-state index contributed by atoms with van der Waals surface area (Å²) in [5, 5.41) is 17.3. The molecule has 1 aromatic carbocycles. The van der Waals surface area contributed by atoms with Crippen LogP contribution in [0.2, 0.25) is 0 Å². The van der Waals surface area contributed by atoms with E-state index in [9.17, 15) is 9.90 Å². The van der Waals surface area contributed by atoms with E-state index in [0.29, 0.717) is 24.9 Å². The highest BCUT2D eigenvalue weighted by Crippen LogP contribution is 2.21. The minimum Gasteiger partial charge on any atom is -0.480 e. The molecule has 0 fully saturated rings. The fourth-order valence-electron chi connectivity index (χ4n) is 2.02. The van der Waals surface area contributed by atoms with E-state index < -0.39 is 11.5 Å². The van der Waals surface area contributed by atoms with Gasteiger partial charge in [-0.2, -0.15) is 0 Å². The van der Waals surface area contributed by atoms with Gasteiger partial charge in [0.15, 0.2) is 0 Å². The van der Waals surface area contributed by atoms with Crippen LogP contribution in [0.25, 0.3) is 11.5 Å². The van der Waals surface area contributed by atoms with Gasteiger partial charge in [0.2, 0.25) is 11.8 Å². The summed E-state index contributed by atoms with van der Waals surface area (Å²) < 4.78 is 5.62. The third kappa shape index (κ3) is 3.28. The lowest BCUT2D eigenvalue weighted by Crippen LogP contribution is -2.49. The Morgan fingerprint density at radius 2 is 1.95 bits per heavy atom. The smallest absolute Gasteiger partial charge is 0.323 e. The molecule has 112 valence electrons. The molecule has 2 aromatic rings. The van der Waals surface area contributed by atoms with Crippen molar-refractivity contribution in [3.05, 3.63) is 36.2 Å². The molecule has 0 saturated carbocycles. The first kappa shape index (κ1) is 15.2. The molecule has 6 nitrogen and oxygen atoms in total. The fraction of sp³-hybridized carbons (Fsp3) is 0.400. The van der Waals surface area contributed by atoms with E-state index >= 15 is 0 Å². The minimum absolute atomic E-state index is 0.301. The lowest BCUT2D eigenvalue weighted by atomic mass is 10.0. The Hall–Kier alpha value is -2.21. The minimum atomic E-state index is -0.990. The Morgan fingerprint density at radius 3 is 2.52 bits per heavy atom. The SMILES string of the molecule is CCN(Cc1nnc(-c2ccccc2)o1)C(C)(C)C(=O)O. The zero-order valence-electron chi connectivity index (χ0n) is 12.4. The van der Waals surface area contributed by atoms with Gasteiger partial charge in [0.1, 0.15) is 5.54 Å². The predicted molar refractivity (Wildman–Crippen MR) is 77.5 cm³/mol. The maximum atomic E-state index is 11.3. The molecule has 1 heterocycles. The zero-order valence-corrected chi connectivity index (χ0v) is 12.4. The molecule has 21 heavy (non-hydrogen) atoms. The van der Waals surface area contributed by atoms with Gasteiger partial charge in [0, 0.05) is 5.56 Å². The van der Waals surface area contributed by atoms with E-state index in [0.717, 1.165) is 5.56 Å². The van der Waals surface area contributed by atoms with Crippen LogP contribution in [0.1, 0.15) is 26.7 Å². The Labute approximate surface area is 123 Å². The van der Waals surface area contributed by atoms with Crippen LogP contribution < -0.4 is 0 Å². The van der Waals surface area contributed by atoms with Gasteiger partial charge in [-0.3, -0.25) is 9.69 Å². The van der Waals surface area contributed by atoms with Crippen LogP contribution >= 0.6 is 0 Å². The monoisotopic (exact) mass is 289 g/mol. The van der Waals surface area contributed by atoms with Gasteiger partial charge in [0.05, 0.1) is 6.54 Å². The molecule has 1 N–H and O–H groups in total. The summed E-state index contributed by atoms with van der Waals surface area (Å²) in [6.07, 6.45) is 0. The van der Waals surface area contributed by atoms with Gasteiger partial charge in [0.25, 0.3) is 0 Å². The van der Waals surface area contributed by atoms with Crippen LogP contribution in [-0.4, -0.2) is 38.3 Å². The quantitative estimate of drug-likeness (QED) is 0.879. The van der Waals surface area contributed by atoms with Crippen molar-refractivity contribution in [3.8, 4) is 11.5 Å². The van der Waals surface area contributed by atoms with Crippen molar-refractivity contribution in [2.45, 2.75) is 32.9 Å². The van der Waals surface area contributed by atoms with Crippen LogP contribution in [0.5, 0.6) is 0 Å². The molecule has 0 aliphatic carbocycles. The molecule has 6 heteroatoms. The Balaban J connectivity index is 2.17. The molecule has 0 atom stereocenters. The number of carbonyl (C=O) groups is 1. The van der Waals surface area contributed by atoms with Crippen molar-refractivity contribution in [3.63, 3.8) is 0 Å². The Morgan fingerprint density at radius 1 is 1.29 bits per heavy atom. The molecule has 0 saturated heterocycles. The van der Waals surface area contributed by atoms with E-state index in [1.54, 1.807) is 18.7 Å². The summed E-state index contributed by atoms with van der Waals surface area (Å²) in [6, 6.07) is 9.47. The van der Waals surface area contributed by atoms with Gasteiger partial charge in [-0.05, 0) is 32.5 Å². The average molecular weight is 289 g/mol. The fourth-order valence-corrected chi connectivity index (χ4v) is 2.02. The molecule has 0 unspecified atom stereocenters. The second kappa shape index (κ2) is 6.05. The van der Waals surface area contributed by atoms with Crippen molar-refractivity contribution in [2.75, 3.05) is 6.54 Å². The highest BCUT2D eigenvalue weighted by molar-refractivity contribution is 5.77. The molecular formula is C15H19N3O3. The molecule has 0 radical (unpaired) electrons. The van der Waals surface area contributed by atoms with E-state index in [1.165, 1.54) is 0 Å². The molecule has 0 bridgehead atoms. The Bertz CT molecular complexity index is 608. The number of aromatic nitrogens is 2. The number of hydrogen-bond donors (Lipinski definition) is 1. The highest BCUT2D eigenvalue weighted by atomic mass is 16.4. The van der Waals surface area contributed by atoms with E-state index in [1.807, 2.05) is 37.3 Å². The number of nitrogens with zero attached hydrogens (tertiary/aromatic N) is 3. The van der Waals surface area contributed by atoms with Crippen molar-refractivity contribution >= 4 is 5.97 Å². The van der Waals surface area contributed by atoms with Crippen LogP contribution in [0.4, 0.5) is 0 Å². The lowest BCUT2D eigenvalue weighted by molar-refractivity contribution is -0.149. The average Bonchev–Trinajstić information content (AvgIpc) is 2.94. The summed E-state index contributed by atoms with van der Waals surface area (Å²) in [4.78, 5) is 13.1. The Kier molecular flexibility index (Phi) is 4.37. The molecule has 2 rings (SSSR count). The van der Waals surface area contributed by atoms with Crippen molar-refractivity contribution in [2.24, 2.45) is 0 Å².